The normalized spacial score (nSPS) is 11.6. The van der Waals surface area contributed by atoms with Gasteiger partial charge in [0.05, 0.1) is 17.3 Å². The minimum Gasteiger partial charge on any atom is -0.481 e. The van der Waals surface area contributed by atoms with Crippen LogP contribution in [0.3, 0.4) is 0 Å². The number of aliphatic carboxylic acids is 2. The number of thiophene rings is 1. The lowest BCUT2D eigenvalue weighted by molar-refractivity contribution is -0.145. The molecule has 2 amide bonds. The fourth-order valence-electron chi connectivity index (χ4n) is 1.20. The molecule has 1 aromatic heterocycles. The SMILES string of the molecule is O=C(O)CC(NC(=O)NCc1ccc(Cl)s1)C(=O)O. The van der Waals surface area contributed by atoms with Crippen molar-refractivity contribution in [2.45, 2.75) is 19.0 Å². The highest BCUT2D eigenvalue weighted by Gasteiger charge is 2.22. The van der Waals surface area contributed by atoms with Crippen molar-refractivity contribution in [2.75, 3.05) is 0 Å². The van der Waals surface area contributed by atoms with Crippen LogP contribution in [0.4, 0.5) is 4.79 Å². The molecule has 0 saturated heterocycles. The zero-order valence-corrected chi connectivity index (χ0v) is 11.1. The molecule has 104 valence electrons. The average molecular weight is 307 g/mol. The Labute approximate surface area is 117 Å². The van der Waals surface area contributed by atoms with E-state index in [1.54, 1.807) is 12.1 Å². The summed E-state index contributed by atoms with van der Waals surface area (Å²) in [6, 6.07) is 1.17. The summed E-state index contributed by atoms with van der Waals surface area (Å²) in [4.78, 5) is 33.4. The molecule has 0 aromatic carbocycles. The highest BCUT2D eigenvalue weighted by Crippen LogP contribution is 2.20. The molecule has 9 heteroatoms. The summed E-state index contributed by atoms with van der Waals surface area (Å²) in [6.45, 7) is 0.183. The first-order valence-corrected chi connectivity index (χ1v) is 6.31. The largest absolute Gasteiger partial charge is 0.481 e. The number of carboxylic acids is 2. The van der Waals surface area contributed by atoms with Crippen LogP contribution in [-0.4, -0.2) is 34.2 Å². The third kappa shape index (κ3) is 5.58. The Hall–Kier alpha value is -1.80. The van der Waals surface area contributed by atoms with E-state index in [-0.39, 0.29) is 6.54 Å². The Bertz CT molecular complexity index is 490. The molecule has 0 aliphatic rings. The molecule has 1 heterocycles. The smallest absolute Gasteiger partial charge is 0.326 e. The number of nitrogens with one attached hydrogen (secondary N) is 2. The maximum atomic E-state index is 11.4. The third-order valence-corrected chi connectivity index (χ3v) is 3.27. The first-order valence-electron chi connectivity index (χ1n) is 5.11. The lowest BCUT2D eigenvalue weighted by atomic mass is 10.2. The number of hydrogen-bond acceptors (Lipinski definition) is 4. The lowest BCUT2D eigenvalue weighted by Crippen LogP contribution is -2.46. The predicted octanol–water partition coefficient (Wildman–Crippen LogP) is 1.13. The molecule has 1 aromatic rings. The first kappa shape index (κ1) is 15.3. The van der Waals surface area contributed by atoms with Crippen LogP contribution in [0.25, 0.3) is 0 Å². The van der Waals surface area contributed by atoms with Crippen LogP contribution >= 0.6 is 22.9 Å². The Balaban J connectivity index is 2.44. The molecule has 0 fully saturated rings. The van der Waals surface area contributed by atoms with E-state index >= 15 is 0 Å². The van der Waals surface area contributed by atoms with E-state index in [4.69, 9.17) is 21.8 Å². The maximum absolute atomic E-state index is 11.4. The highest BCUT2D eigenvalue weighted by atomic mass is 35.5. The van der Waals surface area contributed by atoms with Crippen molar-refractivity contribution in [3.63, 3.8) is 0 Å². The zero-order valence-electron chi connectivity index (χ0n) is 9.55. The summed E-state index contributed by atoms with van der Waals surface area (Å²) >= 11 is 6.98. The van der Waals surface area contributed by atoms with Crippen molar-refractivity contribution >= 4 is 40.9 Å². The zero-order chi connectivity index (χ0) is 14.4. The lowest BCUT2D eigenvalue weighted by Gasteiger charge is -2.12. The van der Waals surface area contributed by atoms with Crippen molar-refractivity contribution < 1.29 is 24.6 Å². The molecular weight excluding hydrogens is 296 g/mol. The van der Waals surface area contributed by atoms with Crippen molar-refractivity contribution in [2.24, 2.45) is 0 Å². The topological polar surface area (TPSA) is 116 Å². The average Bonchev–Trinajstić information content (AvgIpc) is 2.71. The number of carboxylic acid groups (broad SMARTS) is 2. The van der Waals surface area contributed by atoms with Gasteiger partial charge in [-0.1, -0.05) is 11.6 Å². The highest BCUT2D eigenvalue weighted by molar-refractivity contribution is 7.16. The Morgan fingerprint density at radius 1 is 1.32 bits per heavy atom. The molecule has 1 atom stereocenters. The summed E-state index contributed by atoms with van der Waals surface area (Å²) in [5.74, 6) is -2.71. The van der Waals surface area contributed by atoms with Crippen molar-refractivity contribution in [3.05, 3.63) is 21.3 Å². The fourth-order valence-corrected chi connectivity index (χ4v) is 2.23. The number of halogens is 1. The minimum absolute atomic E-state index is 0.183. The quantitative estimate of drug-likeness (QED) is 0.629. The van der Waals surface area contributed by atoms with Gasteiger partial charge >= 0.3 is 18.0 Å². The van der Waals surface area contributed by atoms with Crippen molar-refractivity contribution in [3.8, 4) is 0 Å². The number of hydrogen-bond donors (Lipinski definition) is 4. The molecule has 19 heavy (non-hydrogen) atoms. The van der Waals surface area contributed by atoms with Crippen LogP contribution in [0.15, 0.2) is 12.1 Å². The van der Waals surface area contributed by atoms with Crippen LogP contribution < -0.4 is 10.6 Å². The standard InChI is InChI=1S/C10H11ClN2O5S/c11-7-2-1-5(19-7)4-12-10(18)13-6(9(16)17)3-8(14)15/h1-2,6H,3-4H2,(H,14,15)(H,16,17)(H2,12,13,18). The Kier molecular flexibility index (Phi) is 5.58. The molecule has 0 aliphatic heterocycles. The van der Waals surface area contributed by atoms with Crippen molar-refractivity contribution in [1.29, 1.82) is 0 Å². The summed E-state index contributed by atoms with van der Waals surface area (Å²) < 4.78 is 0.575. The molecule has 0 aliphatic carbocycles. The van der Waals surface area contributed by atoms with E-state index in [9.17, 15) is 14.4 Å². The van der Waals surface area contributed by atoms with E-state index in [0.717, 1.165) is 4.88 Å². The molecule has 4 N–H and O–H groups in total. The van der Waals surface area contributed by atoms with Gasteiger partial charge in [0, 0.05) is 4.88 Å². The molecule has 1 rings (SSSR count). The van der Waals surface area contributed by atoms with Gasteiger partial charge in [-0.15, -0.1) is 11.3 Å². The van der Waals surface area contributed by atoms with Gasteiger partial charge < -0.3 is 20.8 Å². The van der Waals surface area contributed by atoms with Crippen molar-refractivity contribution in [1.82, 2.24) is 10.6 Å². The summed E-state index contributed by atoms with van der Waals surface area (Å²) in [7, 11) is 0. The van der Waals surface area contributed by atoms with Gasteiger partial charge in [0.2, 0.25) is 0 Å². The molecular formula is C10H11ClN2O5S. The van der Waals surface area contributed by atoms with Gasteiger partial charge in [0.1, 0.15) is 6.04 Å². The van der Waals surface area contributed by atoms with Gasteiger partial charge in [-0.3, -0.25) is 4.79 Å². The molecule has 7 nitrogen and oxygen atoms in total. The van der Waals surface area contributed by atoms with Gasteiger partial charge in [-0.25, -0.2) is 9.59 Å². The molecule has 1 unspecified atom stereocenters. The second-order valence-electron chi connectivity index (χ2n) is 3.52. The number of carbonyl (C=O) groups is 3. The van der Waals surface area contributed by atoms with E-state index in [1.807, 2.05) is 0 Å². The molecule has 0 bridgehead atoms. The van der Waals surface area contributed by atoms with Gasteiger partial charge in [-0.05, 0) is 12.1 Å². The second-order valence-corrected chi connectivity index (χ2v) is 5.32. The number of carbonyl (C=O) groups excluding carboxylic acids is 1. The summed E-state index contributed by atoms with van der Waals surface area (Å²) in [5, 5.41) is 21.7. The van der Waals surface area contributed by atoms with E-state index in [0.29, 0.717) is 4.34 Å². The monoisotopic (exact) mass is 306 g/mol. The summed E-state index contributed by atoms with van der Waals surface area (Å²) in [5.41, 5.74) is 0. The number of rotatable bonds is 6. The molecule has 0 radical (unpaired) electrons. The van der Waals surface area contributed by atoms with Gasteiger partial charge in [-0.2, -0.15) is 0 Å². The number of urea groups is 1. The van der Waals surface area contributed by atoms with Gasteiger partial charge in [0.25, 0.3) is 0 Å². The molecule has 0 saturated carbocycles. The minimum atomic E-state index is -1.47. The van der Waals surface area contributed by atoms with Gasteiger partial charge in [0.15, 0.2) is 0 Å². The Morgan fingerprint density at radius 2 is 2.00 bits per heavy atom. The fraction of sp³-hybridized carbons (Fsp3) is 0.300. The predicted molar refractivity (Wildman–Crippen MR) is 68.4 cm³/mol. The van der Waals surface area contributed by atoms with Crippen LogP contribution in [0.1, 0.15) is 11.3 Å². The van der Waals surface area contributed by atoms with E-state index in [1.165, 1.54) is 11.3 Å². The first-order chi connectivity index (χ1) is 8.88. The third-order valence-electron chi connectivity index (χ3n) is 2.03. The van der Waals surface area contributed by atoms with Crippen LogP contribution in [-0.2, 0) is 16.1 Å². The second kappa shape index (κ2) is 6.95. The molecule has 0 spiro atoms. The van der Waals surface area contributed by atoms with Crippen LogP contribution in [0.5, 0.6) is 0 Å². The van der Waals surface area contributed by atoms with E-state index in [2.05, 4.69) is 10.6 Å². The number of amides is 2. The van der Waals surface area contributed by atoms with Crippen LogP contribution in [0.2, 0.25) is 4.34 Å². The van der Waals surface area contributed by atoms with E-state index < -0.39 is 30.4 Å². The maximum Gasteiger partial charge on any atom is 0.326 e. The van der Waals surface area contributed by atoms with Crippen LogP contribution in [0, 0.1) is 0 Å². The summed E-state index contributed by atoms with van der Waals surface area (Å²) in [6.07, 6.45) is -0.687. The Morgan fingerprint density at radius 3 is 2.47 bits per heavy atom.